The summed E-state index contributed by atoms with van der Waals surface area (Å²) < 4.78 is 0. The molecular weight excluding hydrogens is 228 g/mol. The fourth-order valence-corrected chi connectivity index (χ4v) is 2.69. The molecule has 0 saturated carbocycles. The van der Waals surface area contributed by atoms with Gasteiger partial charge in [-0.25, -0.2) is 4.98 Å². The maximum absolute atomic E-state index is 5.63. The fraction of sp³-hybridized carbons (Fsp3) is 0.357. The minimum absolute atomic E-state index is 0.506. The number of nitrogens with zero attached hydrogens (tertiary/aromatic N) is 1. The molecule has 0 spiro atoms. The average molecular weight is 246 g/mol. The molecule has 1 unspecified atom stereocenters. The van der Waals surface area contributed by atoms with Crippen LogP contribution in [0.15, 0.2) is 29.6 Å². The van der Waals surface area contributed by atoms with E-state index in [4.69, 9.17) is 5.73 Å². The Labute approximate surface area is 107 Å². The predicted molar refractivity (Wildman–Crippen MR) is 74.2 cm³/mol. The summed E-state index contributed by atoms with van der Waals surface area (Å²) in [5.74, 6) is 0.506. The van der Waals surface area contributed by atoms with E-state index in [9.17, 15) is 0 Å². The SMILES string of the molecule is Cc1cccc(-c2csc(CC(C)CN)n2)c1. The van der Waals surface area contributed by atoms with Gasteiger partial charge in [0.15, 0.2) is 0 Å². The number of thiazole rings is 1. The van der Waals surface area contributed by atoms with Gasteiger partial charge in [0.2, 0.25) is 0 Å². The van der Waals surface area contributed by atoms with Gasteiger partial charge in [0.05, 0.1) is 10.7 Å². The molecule has 3 heteroatoms. The van der Waals surface area contributed by atoms with Gasteiger partial charge in [-0.05, 0) is 25.5 Å². The number of benzene rings is 1. The maximum Gasteiger partial charge on any atom is 0.0935 e. The van der Waals surface area contributed by atoms with Crippen LogP contribution in [0.3, 0.4) is 0 Å². The standard InChI is InChI=1S/C14H18N2S/c1-10-4-3-5-12(6-10)13-9-17-14(16-13)7-11(2)8-15/h3-6,9,11H,7-8,15H2,1-2H3. The van der Waals surface area contributed by atoms with Crippen LogP contribution in [0, 0.1) is 12.8 Å². The average Bonchev–Trinajstić information content (AvgIpc) is 2.77. The van der Waals surface area contributed by atoms with Crippen molar-refractivity contribution in [3.8, 4) is 11.3 Å². The van der Waals surface area contributed by atoms with E-state index in [1.165, 1.54) is 16.1 Å². The first-order chi connectivity index (χ1) is 8.19. The number of hydrogen-bond donors (Lipinski definition) is 1. The maximum atomic E-state index is 5.63. The lowest BCUT2D eigenvalue weighted by atomic mass is 10.1. The number of hydrogen-bond acceptors (Lipinski definition) is 3. The fourth-order valence-electron chi connectivity index (χ4n) is 1.72. The van der Waals surface area contributed by atoms with Crippen molar-refractivity contribution in [2.24, 2.45) is 11.7 Å². The lowest BCUT2D eigenvalue weighted by molar-refractivity contribution is 0.591. The zero-order valence-corrected chi connectivity index (χ0v) is 11.1. The summed E-state index contributed by atoms with van der Waals surface area (Å²) in [6.07, 6.45) is 0.979. The molecule has 0 saturated heterocycles. The van der Waals surface area contributed by atoms with Gasteiger partial charge in [0, 0.05) is 17.4 Å². The van der Waals surface area contributed by atoms with Crippen LogP contribution in [0.5, 0.6) is 0 Å². The van der Waals surface area contributed by atoms with Crippen LogP contribution in [-0.2, 0) is 6.42 Å². The first kappa shape index (κ1) is 12.3. The molecule has 0 fully saturated rings. The van der Waals surface area contributed by atoms with Gasteiger partial charge >= 0.3 is 0 Å². The van der Waals surface area contributed by atoms with Gasteiger partial charge in [-0.3, -0.25) is 0 Å². The monoisotopic (exact) mass is 246 g/mol. The lowest BCUT2D eigenvalue weighted by Crippen LogP contribution is -2.12. The van der Waals surface area contributed by atoms with Crippen LogP contribution in [0.2, 0.25) is 0 Å². The molecule has 1 atom stereocenters. The van der Waals surface area contributed by atoms with Crippen molar-refractivity contribution in [2.75, 3.05) is 6.54 Å². The second-order valence-electron chi connectivity index (χ2n) is 4.54. The number of aromatic nitrogens is 1. The number of aryl methyl sites for hydroxylation is 1. The highest BCUT2D eigenvalue weighted by atomic mass is 32.1. The first-order valence-electron chi connectivity index (χ1n) is 5.90. The Balaban J connectivity index is 2.18. The van der Waals surface area contributed by atoms with E-state index in [-0.39, 0.29) is 0 Å². The van der Waals surface area contributed by atoms with E-state index in [2.05, 4.69) is 48.5 Å². The summed E-state index contributed by atoms with van der Waals surface area (Å²) in [4.78, 5) is 4.67. The molecule has 1 aromatic heterocycles. The third-order valence-corrected chi connectivity index (χ3v) is 3.66. The zero-order chi connectivity index (χ0) is 12.3. The molecule has 90 valence electrons. The molecule has 0 amide bonds. The Kier molecular flexibility index (Phi) is 3.92. The molecule has 2 nitrogen and oxygen atoms in total. The minimum atomic E-state index is 0.506. The lowest BCUT2D eigenvalue weighted by Gasteiger charge is -2.04. The molecule has 0 aliphatic rings. The first-order valence-corrected chi connectivity index (χ1v) is 6.78. The Morgan fingerprint density at radius 2 is 2.24 bits per heavy atom. The molecule has 0 aliphatic carbocycles. The van der Waals surface area contributed by atoms with Gasteiger partial charge < -0.3 is 5.73 Å². The van der Waals surface area contributed by atoms with Crippen molar-refractivity contribution in [3.63, 3.8) is 0 Å². The Morgan fingerprint density at radius 3 is 2.94 bits per heavy atom. The van der Waals surface area contributed by atoms with Crippen molar-refractivity contribution in [1.29, 1.82) is 0 Å². The van der Waals surface area contributed by atoms with Gasteiger partial charge in [-0.1, -0.05) is 30.7 Å². The minimum Gasteiger partial charge on any atom is -0.330 e. The van der Waals surface area contributed by atoms with Gasteiger partial charge in [-0.15, -0.1) is 11.3 Å². The molecule has 1 aromatic carbocycles. The Hall–Kier alpha value is -1.19. The van der Waals surface area contributed by atoms with Gasteiger partial charge in [0.1, 0.15) is 0 Å². The second kappa shape index (κ2) is 5.43. The third-order valence-electron chi connectivity index (χ3n) is 2.79. The summed E-state index contributed by atoms with van der Waals surface area (Å²) in [7, 11) is 0. The largest absolute Gasteiger partial charge is 0.330 e. The molecule has 17 heavy (non-hydrogen) atoms. The molecule has 1 heterocycles. The zero-order valence-electron chi connectivity index (χ0n) is 10.3. The van der Waals surface area contributed by atoms with Crippen LogP contribution in [0.4, 0.5) is 0 Å². The highest BCUT2D eigenvalue weighted by Crippen LogP contribution is 2.23. The highest BCUT2D eigenvalue weighted by molar-refractivity contribution is 7.09. The van der Waals surface area contributed by atoms with E-state index in [1.54, 1.807) is 11.3 Å². The second-order valence-corrected chi connectivity index (χ2v) is 5.48. The topological polar surface area (TPSA) is 38.9 Å². The molecule has 2 aromatic rings. The summed E-state index contributed by atoms with van der Waals surface area (Å²) >= 11 is 1.73. The summed E-state index contributed by atoms with van der Waals surface area (Å²) in [6.45, 7) is 4.99. The molecule has 2 N–H and O–H groups in total. The normalized spacial score (nSPS) is 12.6. The highest BCUT2D eigenvalue weighted by Gasteiger charge is 2.07. The summed E-state index contributed by atoms with van der Waals surface area (Å²) in [6, 6.07) is 8.46. The Bertz CT molecular complexity index is 490. The van der Waals surface area contributed by atoms with E-state index < -0.39 is 0 Å². The van der Waals surface area contributed by atoms with E-state index >= 15 is 0 Å². The molecule has 2 rings (SSSR count). The van der Waals surface area contributed by atoms with Crippen molar-refractivity contribution >= 4 is 11.3 Å². The summed E-state index contributed by atoms with van der Waals surface area (Å²) in [5, 5.41) is 3.31. The van der Waals surface area contributed by atoms with E-state index in [0.29, 0.717) is 5.92 Å². The van der Waals surface area contributed by atoms with Crippen molar-refractivity contribution in [2.45, 2.75) is 20.3 Å². The smallest absolute Gasteiger partial charge is 0.0935 e. The molecular formula is C14H18N2S. The summed E-state index contributed by atoms with van der Waals surface area (Å²) in [5.41, 5.74) is 9.19. The van der Waals surface area contributed by atoms with E-state index in [0.717, 1.165) is 18.7 Å². The van der Waals surface area contributed by atoms with Crippen LogP contribution in [0.25, 0.3) is 11.3 Å². The quantitative estimate of drug-likeness (QED) is 0.899. The third kappa shape index (κ3) is 3.14. The number of nitrogens with two attached hydrogens (primary N) is 1. The molecule has 0 radical (unpaired) electrons. The van der Waals surface area contributed by atoms with Crippen molar-refractivity contribution in [3.05, 3.63) is 40.2 Å². The number of rotatable bonds is 4. The van der Waals surface area contributed by atoms with Crippen LogP contribution in [0.1, 0.15) is 17.5 Å². The van der Waals surface area contributed by atoms with Gasteiger partial charge in [-0.2, -0.15) is 0 Å². The predicted octanol–water partition coefficient (Wildman–Crippen LogP) is 3.26. The Morgan fingerprint density at radius 1 is 1.41 bits per heavy atom. The van der Waals surface area contributed by atoms with Crippen LogP contribution in [-0.4, -0.2) is 11.5 Å². The van der Waals surface area contributed by atoms with Crippen LogP contribution >= 0.6 is 11.3 Å². The van der Waals surface area contributed by atoms with Crippen molar-refractivity contribution in [1.82, 2.24) is 4.98 Å². The van der Waals surface area contributed by atoms with Crippen LogP contribution < -0.4 is 5.73 Å². The van der Waals surface area contributed by atoms with Gasteiger partial charge in [0.25, 0.3) is 0 Å². The molecule has 0 bridgehead atoms. The molecule has 0 aliphatic heterocycles. The van der Waals surface area contributed by atoms with E-state index in [1.807, 2.05) is 0 Å². The van der Waals surface area contributed by atoms with Crippen molar-refractivity contribution < 1.29 is 0 Å².